The Morgan fingerprint density at radius 1 is 1.40 bits per heavy atom. The van der Waals surface area contributed by atoms with Gasteiger partial charge in [-0.1, -0.05) is 6.92 Å². The molecule has 1 saturated heterocycles. The third-order valence-corrected chi connectivity index (χ3v) is 3.83. The number of urea groups is 1. The van der Waals surface area contributed by atoms with Gasteiger partial charge in [0, 0.05) is 25.0 Å². The summed E-state index contributed by atoms with van der Waals surface area (Å²) in [4.78, 5) is 35.9. The van der Waals surface area contributed by atoms with Gasteiger partial charge in [0.15, 0.2) is 0 Å². The smallest absolute Gasteiger partial charge is 0.317 e. The predicted molar refractivity (Wildman–Crippen MR) is 73.0 cm³/mol. The second-order valence-corrected chi connectivity index (χ2v) is 6.07. The van der Waals surface area contributed by atoms with E-state index in [1.807, 2.05) is 6.92 Å². The van der Waals surface area contributed by atoms with Gasteiger partial charge in [0.1, 0.15) is 0 Å². The highest BCUT2D eigenvalue weighted by Crippen LogP contribution is 2.34. The lowest BCUT2D eigenvalue weighted by Gasteiger charge is -2.29. The van der Waals surface area contributed by atoms with Gasteiger partial charge in [0.25, 0.3) is 0 Å². The number of aliphatic carboxylic acids is 1. The summed E-state index contributed by atoms with van der Waals surface area (Å²) in [5, 5.41) is 12.0. The highest BCUT2D eigenvalue weighted by Gasteiger charge is 2.45. The molecule has 4 N–H and O–H groups in total. The lowest BCUT2D eigenvalue weighted by Crippen LogP contribution is -2.51. The fraction of sp³-hybridized carbons (Fsp3) is 0.769. The van der Waals surface area contributed by atoms with E-state index in [0.717, 1.165) is 0 Å². The van der Waals surface area contributed by atoms with E-state index in [9.17, 15) is 19.5 Å². The summed E-state index contributed by atoms with van der Waals surface area (Å²) in [6, 6.07) is -0.354. The summed E-state index contributed by atoms with van der Waals surface area (Å²) in [5.74, 6) is -1.36. The van der Waals surface area contributed by atoms with Crippen LogP contribution in [-0.2, 0) is 9.59 Å². The van der Waals surface area contributed by atoms with Crippen LogP contribution in [-0.4, -0.2) is 46.5 Å². The molecule has 1 aliphatic heterocycles. The number of amides is 3. The van der Waals surface area contributed by atoms with Crippen LogP contribution in [0.2, 0.25) is 0 Å². The van der Waals surface area contributed by atoms with Crippen LogP contribution in [0.3, 0.4) is 0 Å². The zero-order chi connectivity index (χ0) is 15.6. The Morgan fingerprint density at radius 3 is 2.40 bits per heavy atom. The number of hydrogen-bond donors (Lipinski definition) is 3. The second kappa shape index (κ2) is 5.68. The van der Waals surface area contributed by atoms with Crippen LogP contribution in [0.15, 0.2) is 0 Å². The molecule has 20 heavy (non-hydrogen) atoms. The summed E-state index contributed by atoms with van der Waals surface area (Å²) >= 11 is 0. The topological polar surface area (TPSA) is 113 Å². The van der Waals surface area contributed by atoms with Crippen molar-refractivity contribution >= 4 is 17.9 Å². The highest BCUT2D eigenvalue weighted by atomic mass is 16.4. The zero-order valence-corrected chi connectivity index (χ0v) is 12.2. The quantitative estimate of drug-likeness (QED) is 0.684. The Kier molecular flexibility index (Phi) is 4.62. The van der Waals surface area contributed by atoms with E-state index >= 15 is 0 Å². The molecular weight excluding hydrogens is 262 g/mol. The van der Waals surface area contributed by atoms with Crippen LogP contribution < -0.4 is 11.1 Å². The number of rotatable bonds is 5. The Labute approximate surface area is 118 Å². The Morgan fingerprint density at radius 2 is 2.00 bits per heavy atom. The number of nitrogens with one attached hydrogen (secondary N) is 1. The number of carbonyl (C=O) groups is 3. The maximum absolute atomic E-state index is 12.1. The van der Waals surface area contributed by atoms with Crippen LogP contribution in [0.1, 0.15) is 40.0 Å². The van der Waals surface area contributed by atoms with Gasteiger partial charge in [-0.25, -0.2) is 4.79 Å². The first-order chi connectivity index (χ1) is 9.12. The molecule has 1 atom stereocenters. The largest absolute Gasteiger partial charge is 0.481 e. The molecule has 7 nitrogen and oxygen atoms in total. The minimum absolute atomic E-state index is 0.0322. The fourth-order valence-corrected chi connectivity index (χ4v) is 2.51. The average Bonchev–Trinajstić information content (AvgIpc) is 2.71. The number of carboxylic acid groups (broad SMARTS) is 1. The molecule has 0 bridgehead atoms. The lowest BCUT2D eigenvalue weighted by molar-refractivity contribution is -0.148. The monoisotopic (exact) mass is 285 g/mol. The standard InChI is InChI=1S/C13H23N3O4/c1-4-13(10(18)19)5-6-16(8-13)11(20)15-12(2,3)7-9(14)17/h4-8H2,1-3H3,(H2,14,17)(H,15,20)(H,18,19). The van der Waals surface area contributed by atoms with Gasteiger partial charge in [0.2, 0.25) is 5.91 Å². The van der Waals surface area contributed by atoms with Gasteiger partial charge < -0.3 is 21.1 Å². The number of nitrogens with two attached hydrogens (primary N) is 1. The van der Waals surface area contributed by atoms with Crippen molar-refractivity contribution in [2.45, 2.75) is 45.6 Å². The molecule has 114 valence electrons. The van der Waals surface area contributed by atoms with Gasteiger partial charge in [-0.3, -0.25) is 9.59 Å². The molecule has 0 aromatic carbocycles. The molecule has 0 spiro atoms. The van der Waals surface area contributed by atoms with Crippen molar-refractivity contribution in [3.8, 4) is 0 Å². The minimum Gasteiger partial charge on any atom is -0.481 e. The van der Waals surface area contributed by atoms with Crippen molar-refractivity contribution in [2.24, 2.45) is 11.1 Å². The van der Waals surface area contributed by atoms with Crippen LogP contribution in [0.5, 0.6) is 0 Å². The summed E-state index contributed by atoms with van der Waals surface area (Å²) in [6.07, 6.45) is 0.962. The molecule has 1 aliphatic rings. The van der Waals surface area contributed by atoms with E-state index in [1.165, 1.54) is 4.90 Å². The van der Waals surface area contributed by atoms with E-state index in [1.54, 1.807) is 13.8 Å². The number of likely N-dealkylation sites (tertiary alicyclic amines) is 1. The maximum Gasteiger partial charge on any atom is 0.317 e. The van der Waals surface area contributed by atoms with Crippen LogP contribution >= 0.6 is 0 Å². The van der Waals surface area contributed by atoms with Gasteiger partial charge >= 0.3 is 12.0 Å². The number of carbonyl (C=O) groups excluding carboxylic acids is 2. The molecule has 1 fully saturated rings. The molecule has 0 aromatic rings. The molecule has 1 rings (SSSR count). The number of primary amides is 1. The fourth-order valence-electron chi connectivity index (χ4n) is 2.51. The van der Waals surface area contributed by atoms with E-state index in [-0.39, 0.29) is 19.0 Å². The predicted octanol–water partition coefficient (Wildman–Crippen LogP) is 0.537. The Bertz CT molecular complexity index is 422. The second-order valence-electron chi connectivity index (χ2n) is 6.07. The zero-order valence-electron chi connectivity index (χ0n) is 12.2. The van der Waals surface area contributed by atoms with E-state index < -0.39 is 22.8 Å². The number of carboxylic acids is 1. The molecular formula is C13H23N3O4. The summed E-state index contributed by atoms with van der Waals surface area (Å²) in [7, 11) is 0. The Balaban J connectivity index is 2.67. The van der Waals surface area contributed by atoms with Gasteiger partial charge in [0.05, 0.1) is 5.41 Å². The molecule has 0 saturated carbocycles. The van der Waals surface area contributed by atoms with Gasteiger partial charge in [-0.05, 0) is 26.7 Å². The molecule has 1 unspecified atom stereocenters. The van der Waals surface area contributed by atoms with Crippen molar-refractivity contribution in [1.82, 2.24) is 10.2 Å². The maximum atomic E-state index is 12.1. The van der Waals surface area contributed by atoms with E-state index in [2.05, 4.69) is 5.32 Å². The summed E-state index contributed by atoms with van der Waals surface area (Å²) < 4.78 is 0. The molecule has 0 radical (unpaired) electrons. The van der Waals surface area contributed by atoms with Crippen molar-refractivity contribution in [3.05, 3.63) is 0 Å². The average molecular weight is 285 g/mol. The van der Waals surface area contributed by atoms with Crippen molar-refractivity contribution in [1.29, 1.82) is 0 Å². The first kappa shape index (κ1) is 16.3. The first-order valence-electron chi connectivity index (χ1n) is 6.71. The molecule has 7 heteroatoms. The van der Waals surface area contributed by atoms with Crippen LogP contribution in [0, 0.1) is 5.41 Å². The van der Waals surface area contributed by atoms with Gasteiger partial charge in [-0.2, -0.15) is 0 Å². The number of hydrogen-bond acceptors (Lipinski definition) is 3. The van der Waals surface area contributed by atoms with Crippen LogP contribution in [0.25, 0.3) is 0 Å². The minimum atomic E-state index is -0.869. The molecule has 0 aromatic heterocycles. The normalized spacial score (nSPS) is 22.6. The molecule has 0 aliphatic carbocycles. The SMILES string of the molecule is CCC1(C(=O)O)CCN(C(=O)NC(C)(C)CC(N)=O)C1. The first-order valence-corrected chi connectivity index (χ1v) is 6.71. The summed E-state index contributed by atoms with van der Waals surface area (Å²) in [6.45, 7) is 5.81. The molecule has 3 amide bonds. The third kappa shape index (κ3) is 3.61. The van der Waals surface area contributed by atoms with Gasteiger partial charge in [-0.15, -0.1) is 0 Å². The number of nitrogens with zero attached hydrogens (tertiary/aromatic N) is 1. The van der Waals surface area contributed by atoms with Crippen LogP contribution in [0.4, 0.5) is 4.79 Å². The van der Waals surface area contributed by atoms with Crippen molar-refractivity contribution in [2.75, 3.05) is 13.1 Å². The third-order valence-electron chi connectivity index (χ3n) is 3.83. The highest BCUT2D eigenvalue weighted by molar-refractivity contribution is 5.81. The molecule has 1 heterocycles. The van der Waals surface area contributed by atoms with Crippen molar-refractivity contribution in [3.63, 3.8) is 0 Å². The Hall–Kier alpha value is -1.79. The summed E-state index contributed by atoms with van der Waals surface area (Å²) in [5.41, 5.74) is 3.53. The van der Waals surface area contributed by atoms with E-state index in [0.29, 0.717) is 19.4 Å². The lowest BCUT2D eigenvalue weighted by atomic mass is 9.84. The van der Waals surface area contributed by atoms with Crippen molar-refractivity contribution < 1.29 is 19.5 Å². The van der Waals surface area contributed by atoms with E-state index in [4.69, 9.17) is 5.73 Å².